The highest BCUT2D eigenvalue weighted by atomic mass is 16.6. The minimum Gasteiger partial charge on any atom is -0.508 e. The van der Waals surface area contributed by atoms with Crippen LogP contribution in [-0.2, 0) is 20.7 Å². The lowest BCUT2D eigenvalue weighted by molar-refractivity contribution is -0.140. The Hall–Kier alpha value is -4.59. The first-order valence-electron chi connectivity index (χ1n) is 14.3. The van der Waals surface area contributed by atoms with Gasteiger partial charge in [0.2, 0.25) is 5.91 Å². The van der Waals surface area contributed by atoms with E-state index in [0.717, 1.165) is 22.3 Å². The number of anilines is 1. The quantitative estimate of drug-likeness (QED) is 0.237. The molecule has 3 N–H and O–H groups in total. The molecule has 3 aromatic rings. The second-order valence-electron chi connectivity index (χ2n) is 11.9. The highest BCUT2D eigenvalue weighted by Crippen LogP contribution is 2.30. The molecule has 0 heterocycles. The molecule has 0 aliphatic rings. The second-order valence-corrected chi connectivity index (χ2v) is 11.9. The van der Waals surface area contributed by atoms with Crippen LogP contribution in [0.2, 0.25) is 0 Å². The van der Waals surface area contributed by atoms with Crippen LogP contribution < -0.4 is 10.6 Å². The zero-order chi connectivity index (χ0) is 31.9. The second kappa shape index (κ2) is 14.1. The molecule has 2 unspecified atom stereocenters. The molecule has 0 spiro atoms. The van der Waals surface area contributed by atoms with Gasteiger partial charge in [0, 0.05) is 18.7 Å². The Kier molecular flexibility index (Phi) is 10.8. The number of hydrogen-bond acceptors (Lipinski definition) is 5. The first-order chi connectivity index (χ1) is 20.2. The maximum absolute atomic E-state index is 14.5. The van der Waals surface area contributed by atoms with Crippen LogP contribution in [0.15, 0.2) is 73.3 Å². The van der Waals surface area contributed by atoms with E-state index in [1.54, 1.807) is 39.0 Å². The molecule has 0 aliphatic heterocycles. The highest BCUT2D eigenvalue weighted by Gasteiger charge is 2.37. The monoisotopic (exact) mass is 585 g/mol. The van der Waals surface area contributed by atoms with Crippen LogP contribution in [-0.4, -0.2) is 46.1 Å². The fourth-order valence-corrected chi connectivity index (χ4v) is 4.97. The summed E-state index contributed by atoms with van der Waals surface area (Å²) in [6.45, 7) is 16.8. The van der Waals surface area contributed by atoms with Crippen molar-refractivity contribution < 1.29 is 24.2 Å². The van der Waals surface area contributed by atoms with Crippen molar-refractivity contribution in [3.63, 3.8) is 0 Å². The number of benzene rings is 3. The molecule has 0 bridgehead atoms. The maximum Gasteiger partial charge on any atom is 0.408 e. The summed E-state index contributed by atoms with van der Waals surface area (Å²) in [6, 6.07) is 15.8. The Bertz CT molecular complexity index is 1450. The molecule has 3 rings (SSSR count). The molecule has 3 amide bonds. The van der Waals surface area contributed by atoms with Gasteiger partial charge >= 0.3 is 6.09 Å². The van der Waals surface area contributed by atoms with Gasteiger partial charge in [0.25, 0.3) is 5.91 Å². The number of hydrogen-bond donors (Lipinski definition) is 3. The van der Waals surface area contributed by atoms with Crippen molar-refractivity contribution in [2.75, 3.05) is 11.9 Å². The van der Waals surface area contributed by atoms with Gasteiger partial charge in [0.1, 0.15) is 23.4 Å². The Labute approximate surface area is 254 Å². The third kappa shape index (κ3) is 8.95. The van der Waals surface area contributed by atoms with Crippen LogP contribution in [0.4, 0.5) is 10.5 Å². The average Bonchev–Trinajstić information content (AvgIpc) is 2.91. The van der Waals surface area contributed by atoms with E-state index < -0.39 is 29.7 Å². The number of phenolic OH excluding ortho intramolecular Hbond substituents is 1. The number of rotatable bonds is 10. The maximum atomic E-state index is 14.5. The first kappa shape index (κ1) is 32.9. The van der Waals surface area contributed by atoms with E-state index in [4.69, 9.17) is 4.74 Å². The van der Waals surface area contributed by atoms with Crippen molar-refractivity contribution in [1.82, 2.24) is 10.2 Å². The molecule has 0 fully saturated rings. The van der Waals surface area contributed by atoms with Gasteiger partial charge in [0.15, 0.2) is 0 Å². The number of carbonyl (C=O) groups excluding carboxylic acids is 3. The molecule has 3 aromatic carbocycles. The molecule has 228 valence electrons. The predicted octanol–water partition coefficient (Wildman–Crippen LogP) is 6.46. The van der Waals surface area contributed by atoms with Crippen LogP contribution in [0.5, 0.6) is 5.75 Å². The van der Waals surface area contributed by atoms with Crippen molar-refractivity contribution in [2.45, 2.75) is 72.6 Å². The van der Waals surface area contributed by atoms with E-state index in [-0.39, 0.29) is 24.6 Å². The van der Waals surface area contributed by atoms with Gasteiger partial charge in [-0.25, -0.2) is 4.79 Å². The summed E-state index contributed by atoms with van der Waals surface area (Å²) >= 11 is 0. The summed E-state index contributed by atoms with van der Waals surface area (Å²) in [5.41, 5.74) is 4.91. The lowest BCUT2D eigenvalue weighted by atomic mass is 9.95. The van der Waals surface area contributed by atoms with Gasteiger partial charge in [-0.15, -0.1) is 6.58 Å². The Balaban J connectivity index is 2.11. The number of ether oxygens (including phenoxy) is 1. The summed E-state index contributed by atoms with van der Waals surface area (Å²) in [4.78, 5) is 43.1. The van der Waals surface area contributed by atoms with Gasteiger partial charge in [-0.3, -0.25) is 9.59 Å². The van der Waals surface area contributed by atoms with Crippen molar-refractivity contribution in [3.05, 3.63) is 107 Å². The van der Waals surface area contributed by atoms with Crippen LogP contribution in [0, 0.1) is 27.7 Å². The molecule has 0 saturated heterocycles. The number of nitrogens with zero attached hydrogens (tertiary/aromatic N) is 1. The van der Waals surface area contributed by atoms with Crippen molar-refractivity contribution in [2.24, 2.45) is 0 Å². The molecule has 8 nitrogen and oxygen atoms in total. The number of nitrogens with one attached hydrogen (secondary N) is 2. The predicted molar refractivity (Wildman–Crippen MR) is 170 cm³/mol. The standard InChI is InChI=1S/C35H43N3O5/c1-9-19-38(33(41)29(36-34(42)43-35(6,7)8)21-26-14-16-27(39)17-15-26)31(28-18-13-22(2)20-25(28)5)32(40)37-30-23(3)11-10-12-24(30)4/h9-18,20,29,31,39H,1,19,21H2,2-8H3,(H,36,42)(H,37,40). The number of aryl methyl sites for hydroxylation is 4. The molecule has 0 saturated carbocycles. The number of aromatic hydroxyl groups is 1. The van der Waals surface area contributed by atoms with Gasteiger partial charge in [-0.1, -0.05) is 60.2 Å². The van der Waals surface area contributed by atoms with E-state index in [1.165, 1.54) is 17.0 Å². The van der Waals surface area contributed by atoms with Crippen molar-refractivity contribution in [3.8, 4) is 5.75 Å². The topological polar surface area (TPSA) is 108 Å². The number of amides is 3. The Morgan fingerprint density at radius 3 is 2.14 bits per heavy atom. The van der Waals surface area contributed by atoms with Crippen LogP contribution in [0.3, 0.4) is 0 Å². The molecule has 2 atom stereocenters. The molecule has 0 aliphatic carbocycles. The largest absolute Gasteiger partial charge is 0.508 e. The number of alkyl carbamates (subject to hydrolysis) is 1. The highest BCUT2D eigenvalue weighted by molar-refractivity contribution is 6.00. The third-order valence-electron chi connectivity index (χ3n) is 6.98. The Morgan fingerprint density at radius 2 is 1.58 bits per heavy atom. The summed E-state index contributed by atoms with van der Waals surface area (Å²) < 4.78 is 5.48. The molecule has 0 radical (unpaired) electrons. The lowest BCUT2D eigenvalue weighted by Crippen LogP contribution is -2.53. The van der Waals surface area contributed by atoms with Crippen molar-refractivity contribution >= 4 is 23.6 Å². The summed E-state index contributed by atoms with van der Waals surface area (Å²) in [5.74, 6) is -0.793. The molecule has 0 aromatic heterocycles. The summed E-state index contributed by atoms with van der Waals surface area (Å²) in [7, 11) is 0. The normalized spacial score (nSPS) is 12.5. The van der Waals surface area contributed by atoms with Crippen LogP contribution in [0.1, 0.15) is 60.2 Å². The minimum atomic E-state index is -1.08. The molecule has 8 heteroatoms. The molecular weight excluding hydrogens is 542 g/mol. The first-order valence-corrected chi connectivity index (χ1v) is 14.3. The van der Waals surface area contributed by atoms with Crippen molar-refractivity contribution in [1.29, 1.82) is 0 Å². The third-order valence-corrected chi connectivity index (χ3v) is 6.98. The number of carbonyl (C=O) groups is 3. The van der Waals surface area contributed by atoms with E-state index in [2.05, 4.69) is 17.2 Å². The van der Waals surface area contributed by atoms with Crippen LogP contribution >= 0.6 is 0 Å². The fraction of sp³-hybridized carbons (Fsp3) is 0.343. The number of para-hydroxylation sites is 1. The van der Waals surface area contributed by atoms with Gasteiger partial charge < -0.3 is 25.4 Å². The van der Waals surface area contributed by atoms with Gasteiger partial charge in [-0.2, -0.15) is 0 Å². The Morgan fingerprint density at radius 1 is 0.953 bits per heavy atom. The smallest absolute Gasteiger partial charge is 0.408 e. The van der Waals surface area contributed by atoms with Gasteiger partial charge in [-0.05, 0) is 88.4 Å². The van der Waals surface area contributed by atoms with Gasteiger partial charge in [0.05, 0.1) is 0 Å². The molecule has 43 heavy (non-hydrogen) atoms. The van der Waals surface area contributed by atoms with Crippen LogP contribution in [0.25, 0.3) is 0 Å². The fourth-order valence-electron chi connectivity index (χ4n) is 4.97. The number of phenols is 1. The van der Waals surface area contributed by atoms with E-state index in [9.17, 15) is 19.5 Å². The SMILES string of the molecule is C=CCN(C(=O)C(Cc1ccc(O)cc1)NC(=O)OC(C)(C)C)C(C(=O)Nc1c(C)cccc1C)c1ccc(C)cc1C. The zero-order valence-electron chi connectivity index (χ0n) is 26.2. The summed E-state index contributed by atoms with van der Waals surface area (Å²) in [5, 5.41) is 15.6. The summed E-state index contributed by atoms with van der Waals surface area (Å²) in [6.07, 6.45) is 0.905. The average molecular weight is 586 g/mol. The zero-order valence-corrected chi connectivity index (χ0v) is 26.2. The minimum absolute atomic E-state index is 0.0407. The van der Waals surface area contributed by atoms with E-state index >= 15 is 0 Å². The van der Waals surface area contributed by atoms with E-state index in [0.29, 0.717) is 16.8 Å². The molecular formula is C35H43N3O5. The lowest BCUT2D eigenvalue weighted by Gasteiger charge is -2.35. The van der Waals surface area contributed by atoms with E-state index in [1.807, 2.05) is 64.1 Å².